The molecule has 9 heteroatoms. The van der Waals surface area contributed by atoms with Crippen LogP contribution >= 0.6 is 11.6 Å². The largest absolute Gasteiger partial charge is 0.383 e. The molecule has 0 saturated carbocycles. The Kier molecular flexibility index (Phi) is 7.18. The number of imide groups is 1. The molecule has 0 unspecified atom stereocenters. The van der Waals surface area contributed by atoms with Gasteiger partial charge in [-0.15, -0.1) is 0 Å². The van der Waals surface area contributed by atoms with Crippen LogP contribution in [-0.2, 0) is 24.6 Å². The Labute approximate surface area is 163 Å². The van der Waals surface area contributed by atoms with Crippen LogP contribution in [-0.4, -0.2) is 74.7 Å². The van der Waals surface area contributed by atoms with Crippen molar-refractivity contribution in [3.05, 3.63) is 34.9 Å². The summed E-state index contributed by atoms with van der Waals surface area (Å²) >= 11 is 6.20. The number of amides is 4. The van der Waals surface area contributed by atoms with Gasteiger partial charge in [-0.25, -0.2) is 4.79 Å². The molecule has 0 aromatic heterocycles. The summed E-state index contributed by atoms with van der Waals surface area (Å²) in [5.41, 5.74) is -0.838. The highest BCUT2D eigenvalue weighted by Gasteiger charge is 2.50. The first-order chi connectivity index (χ1) is 12.8. The highest BCUT2D eigenvalue weighted by molar-refractivity contribution is 6.32. The SMILES string of the molecule is COCCN(CCOC)C(=O)CN1C(=O)N[C@@](C)(c2ccccc2Cl)C1=O. The predicted molar refractivity (Wildman–Crippen MR) is 99.4 cm³/mol. The summed E-state index contributed by atoms with van der Waals surface area (Å²) in [4.78, 5) is 40.4. The van der Waals surface area contributed by atoms with Gasteiger partial charge in [0.15, 0.2) is 0 Å². The van der Waals surface area contributed by atoms with Gasteiger partial charge in [0.25, 0.3) is 5.91 Å². The second-order valence-electron chi connectivity index (χ2n) is 6.29. The van der Waals surface area contributed by atoms with Crippen molar-refractivity contribution in [3.63, 3.8) is 0 Å². The van der Waals surface area contributed by atoms with Gasteiger partial charge in [-0.2, -0.15) is 0 Å². The first kappa shape index (κ1) is 21.1. The van der Waals surface area contributed by atoms with Crippen LogP contribution < -0.4 is 5.32 Å². The monoisotopic (exact) mass is 397 g/mol. The Morgan fingerprint density at radius 3 is 2.33 bits per heavy atom. The van der Waals surface area contributed by atoms with Gasteiger partial charge in [-0.3, -0.25) is 14.5 Å². The molecule has 2 rings (SSSR count). The Morgan fingerprint density at radius 1 is 1.19 bits per heavy atom. The lowest BCUT2D eigenvalue weighted by atomic mass is 9.92. The van der Waals surface area contributed by atoms with Crippen LogP contribution in [0.25, 0.3) is 0 Å². The minimum absolute atomic E-state index is 0.337. The number of hydrogen-bond donors (Lipinski definition) is 1. The van der Waals surface area contributed by atoms with Crippen molar-refractivity contribution in [3.8, 4) is 0 Å². The Hall–Kier alpha value is -2.16. The first-order valence-electron chi connectivity index (χ1n) is 8.50. The van der Waals surface area contributed by atoms with Gasteiger partial charge in [0, 0.05) is 37.9 Å². The van der Waals surface area contributed by atoms with E-state index in [0.29, 0.717) is 36.9 Å². The average Bonchev–Trinajstić information content (AvgIpc) is 2.86. The molecule has 148 valence electrons. The number of benzene rings is 1. The molecule has 1 aliphatic rings. The summed E-state index contributed by atoms with van der Waals surface area (Å²) in [7, 11) is 3.07. The van der Waals surface area contributed by atoms with Gasteiger partial charge in [0.1, 0.15) is 12.1 Å². The van der Waals surface area contributed by atoms with Crippen molar-refractivity contribution in [2.24, 2.45) is 0 Å². The normalized spacial score (nSPS) is 19.3. The van der Waals surface area contributed by atoms with E-state index in [2.05, 4.69) is 5.32 Å². The summed E-state index contributed by atoms with van der Waals surface area (Å²) in [5, 5.41) is 3.02. The lowest BCUT2D eigenvalue weighted by molar-refractivity contribution is -0.139. The number of halogens is 1. The van der Waals surface area contributed by atoms with E-state index in [0.717, 1.165) is 4.90 Å². The highest BCUT2D eigenvalue weighted by Crippen LogP contribution is 2.33. The number of urea groups is 1. The van der Waals surface area contributed by atoms with E-state index in [-0.39, 0.29) is 12.5 Å². The standard InChI is InChI=1S/C18H24ClN3O5/c1-18(13-6-4-5-7-14(13)19)16(24)22(17(25)20-18)12-15(23)21(8-10-26-2)9-11-27-3/h4-7H,8-12H2,1-3H3,(H,20,25)/t18-/m0/s1. The van der Waals surface area contributed by atoms with Gasteiger partial charge in [-0.1, -0.05) is 29.8 Å². The van der Waals surface area contributed by atoms with E-state index in [1.807, 2.05) is 0 Å². The molecular weight excluding hydrogens is 374 g/mol. The van der Waals surface area contributed by atoms with Crippen LogP contribution in [0.1, 0.15) is 12.5 Å². The van der Waals surface area contributed by atoms with E-state index < -0.39 is 17.5 Å². The minimum atomic E-state index is -1.32. The van der Waals surface area contributed by atoms with Gasteiger partial charge in [0.2, 0.25) is 5.91 Å². The van der Waals surface area contributed by atoms with Gasteiger partial charge in [0.05, 0.1) is 13.2 Å². The maximum absolute atomic E-state index is 12.9. The molecule has 0 radical (unpaired) electrons. The fourth-order valence-electron chi connectivity index (χ4n) is 2.89. The molecule has 8 nitrogen and oxygen atoms in total. The first-order valence-corrected chi connectivity index (χ1v) is 8.87. The van der Waals surface area contributed by atoms with Crippen LogP contribution in [0, 0.1) is 0 Å². The molecule has 27 heavy (non-hydrogen) atoms. The lowest BCUT2D eigenvalue weighted by Gasteiger charge is -2.25. The lowest BCUT2D eigenvalue weighted by Crippen LogP contribution is -2.46. The number of carbonyl (C=O) groups excluding carboxylic acids is 3. The number of rotatable bonds is 9. The second-order valence-corrected chi connectivity index (χ2v) is 6.70. The maximum atomic E-state index is 12.9. The van der Waals surface area contributed by atoms with Crippen molar-refractivity contribution >= 4 is 29.4 Å². The number of carbonyl (C=O) groups is 3. The molecule has 1 atom stereocenters. The molecule has 1 heterocycles. The molecule has 1 aromatic carbocycles. The third-order valence-corrected chi connectivity index (χ3v) is 4.79. The summed E-state index contributed by atoms with van der Waals surface area (Å²) in [6.07, 6.45) is 0. The van der Waals surface area contributed by atoms with Crippen LogP contribution in [0.2, 0.25) is 5.02 Å². The van der Waals surface area contributed by atoms with E-state index in [4.69, 9.17) is 21.1 Å². The van der Waals surface area contributed by atoms with E-state index >= 15 is 0 Å². The van der Waals surface area contributed by atoms with Crippen LogP contribution in [0.5, 0.6) is 0 Å². The zero-order valence-corrected chi connectivity index (χ0v) is 16.4. The smallest absolute Gasteiger partial charge is 0.325 e. The van der Waals surface area contributed by atoms with E-state index in [9.17, 15) is 14.4 Å². The maximum Gasteiger partial charge on any atom is 0.325 e. The van der Waals surface area contributed by atoms with Crippen molar-refractivity contribution in [2.75, 3.05) is 47.1 Å². The minimum Gasteiger partial charge on any atom is -0.383 e. The van der Waals surface area contributed by atoms with Gasteiger partial charge in [-0.05, 0) is 13.0 Å². The molecule has 1 aromatic rings. The molecular formula is C18H24ClN3O5. The van der Waals surface area contributed by atoms with Crippen molar-refractivity contribution in [1.29, 1.82) is 0 Å². The van der Waals surface area contributed by atoms with Crippen molar-refractivity contribution in [1.82, 2.24) is 15.1 Å². The number of hydrogen-bond acceptors (Lipinski definition) is 5. The zero-order valence-electron chi connectivity index (χ0n) is 15.7. The number of nitrogens with zero attached hydrogens (tertiary/aromatic N) is 2. The van der Waals surface area contributed by atoms with Gasteiger partial charge < -0.3 is 19.7 Å². The van der Waals surface area contributed by atoms with Crippen LogP contribution in [0.4, 0.5) is 4.79 Å². The highest BCUT2D eigenvalue weighted by atomic mass is 35.5. The summed E-state index contributed by atoms with van der Waals surface area (Å²) in [6.45, 7) is 2.57. The summed E-state index contributed by atoms with van der Waals surface area (Å²) in [5.74, 6) is -0.886. The van der Waals surface area contributed by atoms with Gasteiger partial charge >= 0.3 is 6.03 Å². The number of nitrogens with one attached hydrogen (secondary N) is 1. The van der Waals surface area contributed by atoms with Crippen LogP contribution in [0.3, 0.4) is 0 Å². The quantitative estimate of drug-likeness (QED) is 0.633. The van der Waals surface area contributed by atoms with Crippen LogP contribution in [0.15, 0.2) is 24.3 Å². The number of methoxy groups -OCH3 is 2. The molecule has 1 aliphatic heterocycles. The van der Waals surface area contributed by atoms with E-state index in [1.165, 1.54) is 19.1 Å². The summed E-state index contributed by atoms with van der Waals surface area (Å²) < 4.78 is 10.0. The summed E-state index contributed by atoms with van der Waals surface area (Å²) in [6, 6.07) is 6.16. The third-order valence-electron chi connectivity index (χ3n) is 4.46. The molecule has 0 aliphatic carbocycles. The molecule has 0 spiro atoms. The van der Waals surface area contributed by atoms with Crippen molar-refractivity contribution < 1.29 is 23.9 Å². The zero-order chi connectivity index (χ0) is 20.0. The predicted octanol–water partition coefficient (Wildman–Crippen LogP) is 1.23. The molecule has 1 saturated heterocycles. The Morgan fingerprint density at radius 2 is 1.78 bits per heavy atom. The van der Waals surface area contributed by atoms with Crippen molar-refractivity contribution in [2.45, 2.75) is 12.5 Å². The topological polar surface area (TPSA) is 88.2 Å². The molecule has 0 bridgehead atoms. The van der Waals surface area contributed by atoms with E-state index in [1.54, 1.807) is 31.2 Å². The Balaban J connectivity index is 2.16. The third kappa shape index (κ3) is 4.58. The second kappa shape index (κ2) is 9.16. The fraction of sp³-hybridized carbons (Fsp3) is 0.500. The Bertz CT molecular complexity index is 706. The fourth-order valence-corrected chi connectivity index (χ4v) is 3.21. The number of ether oxygens (including phenoxy) is 2. The molecule has 4 amide bonds. The average molecular weight is 398 g/mol. The molecule has 1 fully saturated rings. The molecule has 1 N–H and O–H groups in total.